The SMILES string of the molecule is CC(C)NC(=O)[C@@H](Cc1ccccc1)N(Cc1ccccc1Cl)C(=O)COc1ccccc1C(C)(C)C. The van der Waals surface area contributed by atoms with E-state index in [1.807, 2.05) is 86.6 Å². The molecule has 6 heteroatoms. The van der Waals surface area contributed by atoms with E-state index in [4.69, 9.17) is 16.3 Å². The maximum absolute atomic E-state index is 13.8. The van der Waals surface area contributed by atoms with Crippen molar-refractivity contribution in [1.82, 2.24) is 10.2 Å². The fraction of sp³-hybridized carbons (Fsp3) is 0.355. The summed E-state index contributed by atoms with van der Waals surface area (Å²) in [6, 6.07) is 24.0. The van der Waals surface area contributed by atoms with E-state index in [9.17, 15) is 9.59 Å². The Bertz CT molecular complexity index is 1190. The third-order valence-electron chi connectivity index (χ3n) is 6.05. The van der Waals surface area contributed by atoms with Gasteiger partial charge < -0.3 is 15.0 Å². The first-order chi connectivity index (χ1) is 17.6. The molecule has 0 aliphatic carbocycles. The first-order valence-electron chi connectivity index (χ1n) is 12.7. The minimum Gasteiger partial charge on any atom is -0.483 e. The summed E-state index contributed by atoms with van der Waals surface area (Å²) in [7, 11) is 0. The molecule has 0 unspecified atom stereocenters. The molecule has 5 nitrogen and oxygen atoms in total. The van der Waals surface area contributed by atoms with E-state index in [0.29, 0.717) is 17.2 Å². The van der Waals surface area contributed by atoms with Gasteiger partial charge in [-0.1, -0.05) is 99.1 Å². The normalized spacial score (nSPS) is 12.2. The molecule has 0 saturated carbocycles. The number of para-hydroxylation sites is 1. The van der Waals surface area contributed by atoms with Crippen molar-refractivity contribution >= 4 is 23.4 Å². The molecule has 0 heterocycles. The molecule has 0 aromatic heterocycles. The van der Waals surface area contributed by atoms with Crippen molar-refractivity contribution in [3.05, 3.63) is 101 Å². The number of hydrogen-bond donors (Lipinski definition) is 1. The quantitative estimate of drug-likeness (QED) is 0.347. The number of amides is 2. The molecular weight excluding hydrogens is 484 g/mol. The van der Waals surface area contributed by atoms with E-state index in [2.05, 4.69) is 26.1 Å². The monoisotopic (exact) mass is 520 g/mol. The molecule has 3 aromatic rings. The van der Waals surface area contributed by atoms with Gasteiger partial charge in [0.25, 0.3) is 5.91 Å². The first-order valence-corrected chi connectivity index (χ1v) is 13.0. The number of hydrogen-bond acceptors (Lipinski definition) is 3. The van der Waals surface area contributed by atoms with Crippen LogP contribution in [-0.2, 0) is 28.0 Å². The first kappa shape index (κ1) is 28.3. The fourth-order valence-corrected chi connectivity index (χ4v) is 4.37. The van der Waals surface area contributed by atoms with Gasteiger partial charge in [0, 0.05) is 24.0 Å². The van der Waals surface area contributed by atoms with Gasteiger partial charge in [-0.05, 0) is 48.1 Å². The molecule has 0 saturated heterocycles. The topological polar surface area (TPSA) is 58.6 Å². The summed E-state index contributed by atoms with van der Waals surface area (Å²) in [6.07, 6.45) is 0.369. The lowest BCUT2D eigenvalue weighted by Crippen LogP contribution is -2.52. The minimum absolute atomic E-state index is 0.0713. The van der Waals surface area contributed by atoms with Crippen LogP contribution in [0.2, 0.25) is 5.02 Å². The molecule has 0 bridgehead atoms. The van der Waals surface area contributed by atoms with Crippen LogP contribution in [0, 0.1) is 0 Å². The highest BCUT2D eigenvalue weighted by Gasteiger charge is 2.31. The molecule has 0 radical (unpaired) electrons. The summed E-state index contributed by atoms with van der Waals surface area (Å²) in [5, 5.41) is 3.54. The number of halogens is 1. The van der Waals surface area contributed by atoms with Gasteiger partial charge in [0.1, 0.15) is 11.8 Å². The van der Waals surface area contributed by atoms with Crippen molar-refractivity contribution in [3.8, 4) is 5.75 Å². The van der Waals surface area contributed by atoms with E-state index < -0.39 is 6.04 Å². The van der Waals surface area contributed by atoms with E-state index in [0.717, 1.165) is 16.7 Å². The van der Waals surface area contributed by atoms with Crippen LogP contribution in [0.3, 0.4) is 0 Å². The number of carbonyl (C=O) groups excluding carboxylic acids is 2. The van der Waals surface area contributed by atoms with Crippen molar-refractivity contribution in [2.45, 2.75) is 65.1 Å². The molecule has 0 aliphatic rings. The molecule has 0 spiro atoms. The van der Waals surface area contributed by atoms with Gasteiger partial charge in [0.05, 0.1) is 0 Å². The highest BCUT2D eigenvalue weighted by atomic mass is 35.5. The maximum Gasteiger partial charge on any atom is 0.261 e. The van der Waals surface area contributed by atoms with Gasteiger partial charge in [-0.3, -0.25) is 9.59 Å². The second-order valence-corrected chi connectivity index (χ2v) is 10.9. The third kappa shape index (κ3) is 8.09. The van der Waals surface area contributed by atoms with Crippen molar-refractivity contribution in [3.63, 3.8) is 0 Å². The zero-order valence-corrected chi connectivity index (χ0v) is 23.1. The average molecular weight is 521 g/mol. The van der Waals surface area contributed by atoms with Crippen LogP contribution >= 0.6 is 11.6 Å². The largest absolute Gasteiger partial charge is 0.483 e. The van der Waals surface area contributed by atoms with Crippen molar-refractivity contribution in [2.75, 3.05) is 6.61 Å². The number of nitrogens with one attached hydrogen (secondary N) is 1. The molecule has 1 atom stereocenters. The molecule has 3 rings (SSSR count). The Morgan fingerprint density at radius 3 is 2.19 bits per heavy atom. The highest BCUT2D eigenvalue weighted by Crippen LogP contribution is 2.31. The van der Waals surface area contributed by atoms with Crippen LogP contribution < -0.4 is 10.1 Å². The molecular formula is C31H37ClN2O3. The third-order valence-corrected chi connectivity index (χ3v) is 6.42. The van der Waals surface area contributed by atoms with E-state index in [1.165, 1.54) is 0 Å². The summed E-state index contributed by atoms with van der Waals surface area (Å²) >= 11 is 6.48. The zero-order chi connectivity index (χ0) is 27.0. The van der Waals surface area contributed by atoms with Crippen molar-refractivity contribution < 1.29 is 14.3 Å². The van der Waals surface area contributed by atoms with Crippen LogP contribution in [-0.4, -0.2) is 35.4 Å². The zero-order valence-electron chi connectivity index (χ0n) is 22.3. The molecule has 0 fully saturated rings. The molecule has 1 N–H and O–H groups in total. The van der Waals surface area contributed by atoms with Crippen LogP contribution in [0.15, 0.2) is 78.9 Å². The number of carbonyl (C=O) groups is 2. The number of benzene rings is 3. The molecule has 196 valence electrons. The van der Waals surface area contributed by atoms with Gasteiger partial charge in [-0.15, -0.1) is 0 Å². The Labute approximate surface area is 225 Å². The highest BCUT2D eigenvalue weighted by molar-refractivity contribution is 6.31. The van der Waals surface area contributed by atoms with Crippen LogP contribution in [0.5, 0.6) is 5.75 Å². The Hall–Kier alpha value is -3.31. The Morgan fingerprint density at radius 1 is 0.919 bits per heavy atom. The molecule has 0 aliphatic heterocycles. The van der Waals surface area contributed by atoms with Crippen LogP contribution in [0.4, 0.5) is 0 Å². The van der Waals surface area contributed by atoms with E-state index >= 15 is 0 Å². The Balaban J connectivity index is 1.95. The van der Waals surface area contributed by atoms with Gasteiger partial charge >= 0.3 is 0 Å². The number of nitrogens with zero attached hydrogens (tertiary/aromatic N) is 1. The second kappa shape index (κ2) is 12.8. The maximum atomic E-state index is 13.8. The average Bonchev–Trinajstić information content (AvgIpc) is 2.85. The van der Waals surface area contributed by atoms with Crippen LogP contribution in [0.25, 0.3) is 0 Å². The lowest BCUT2D eigenvalue weighted by molar-refractivity contribution is -0.143. The van der Waals surface area contributed by atoms with E-state index in [-0.39, 0.29) is 36.4 Å². The van der Waals surface area contributed by atoms with Crippen LogP contribution in [0.1, 0.15) is 51.3 Å². The summed E-state index contributed by atoms with van der Waals surface area (Å²) in [5.74, 6) is 0.158. The molecule has 3 aromatic carbocycles. The summed E-state index contributed by atoms with van der Waals surface area (Å²) in [6.45, 7) is 10.1. The lowest BCUT2D eigenvalue weighted by Gasteiger charge is -2.32. The summed E-state index contributed by atoms with van der Waals surface area (Å²) < 4.78 is 6.08. The standard InChI is InChI=1S/C31H37ClN2O3/c1-22(2)33-30(36)27(19-23-13-7-6-8-14-23)34(20-24-15-9-11-17-26(24)32)29(35)21-37-28-18-12-10-16-25(28)31(3,4)5/h6-18,22,27H,19-21H2,1-5H3,(H,33,36)/t27-/m1/s1. The predicted molar refractivity (Wildman–Crippen MR) is 150 cm³/mol. The van der Waals surface area contributed by atoms with Gasteiger partial charge in [0.15, 0.2) is 6.61 Å². The second-order valence-electron chi connectivity index (χ2n) is 10.5. The molecule has 37 heavy (non-hydrogen) atoms. The fourth-order valence-electron chi connectivity index (χ4n) is 4.18. The Morgan fingerprint density at radius 2 is 1.54 bits per heavy atom. The Kier molecular flexibility index (Phi) is 9.76. The molecule has 2 amide bonds. The predicted octanol–water partition coefficient (Wildman–Crippen LogP) is 6.18. The van der Waals surface area contributed by atoms with Gasteiger partial charge in [-0.25, -0.2) is 0 Å². The summed E-state index contributed by atoms with van der Waals surface area (Å²) in [5.41, 5.74) is 2.59. The van der Waals surface area contributed by atoms with E-state index in [1.54, 1.807) is 11.0 Å². The van der Waals surface area contributed by atoms with Gasteiger partial charge in [-0.2, -0.15) is 0 Å². The lowest BCUT2D eigenvalue weighted by atomic mass is 9.86. The van der Waals surface area contributed by atoms with Crippen molar-refractivity contribution in [2.24, 2.45) is 0 Å². The van der Waals surface area contributed by atoms with Crippen molar-refractivity contribution in [1.29, 1.82) is 0 Å². The number of ether oxygens (including phenoxy) is 1. The van der Waals surface area contributed by atoms with Gasteiger partial charge in [0.2, 0.25) is 5.91 Å². The number of rotatable bonds is 10. The minimum atomic E-state index is -0.741. The summed E-state index contributed by atoms with van der Waals surface area (Å²) in [4.78, 5) is 28.8. The smallest absolute Gasteiger partial charge is 0.261 e.